The van der Waals surface area contributed by atoms with Crippen LogP contribution in [0.15, 0.2) is 18.3 Å². The molecule has 2 aliphatic heterocycles. The summed E-state index contributed by atoms with van der Waals surface area (Å²) >= 11 is 1.44. The number of aromatic nitrogens is 4. The number of rotatable bonds is 4. The molecule has 0 radical (unpaired) electrons. The standard InChI is InChI=1S/C25H33N5O3S/c1-17-16-32-14-12-29(17)20-15-18(25(31)9-4-2-5-10-25)24-23(27-20)22(28-34-24)19-8-11-26-30(19)21-7-3-6-13-33-21/h8,11,15,17,21,31H,2-7,9-10,12-14,16H2,1H3/t17-,21?/m1/s1. The van der Waals surface area contributed by atoms with Crippen molar-refractivity contribution in [3.05, 3.63) is 23.9 Å². The Kier molecular flexibility index (Phi) is 6.05. The molecule has 3 aromatic rings. The molecule has 5 heterocycles. The monoisotopic (exact) mass is 483 g/mol. The van der Waals surface area contributed by atoms with Gasteiger partial charge in [0.15, 0.2) is 6.23 Å². The third-order valence-electron chi connectivity index (χ3n) is 7.60. The van der Waals surface area contributed by atoms with Crippen molar-refractivity contribution in [3.63, 3.8) is 0 Å². The average molecular weight is 484 g/mol. The van der Waals surface area contributed by atoms with Crippen molar-refractivity contribution < 1.29 is 14.6 Å². The van der Waals surface area contributed by atoms with Crippen molar-refractivity contribution in [1.29, 1.82) is 0 Å². The summed E-state index contributed by atoms with van der Waals surface area (Å²) in [5.41, 5.74) is 2.76. The predicted molar refractivity (Wildman–Crippen MR) is 132 cm³/mol. The average Bonchev–Trinajstić information content (AvgIpc) is 3.52. The number of morpholine rings is 1. The molecule has 3 aliphatic rings. The van der Waals surface area contributed by atoms with E-state index in [4.69, 9.17) is 18.8 Å². The molecule has 8 nitrogen and oxygen atoms in total. The third-order valence-corrected chi connectivity index (χ3v) is 8.47. The maximum atomic E-state index is 11.8. The number of pyridine rings is 1. The molecule has 182 valence electrons. The normalized spacial score (nSPS) is 25.6. The molecule has 2 saturated heterocycles. The van der Waals surface area contributed by atoms with Crippen LogP contribution >= 0.6 is 11.5 Å². The lowest BCUT2D eigenvalue weighted by Crippen LogP contribution is -2.44. The van der Waals surface area contributed by atoms with Gasteiger partial charge in [0.1, 0.15) is 17.0 Å². The molecule has 0 spiro atoms. The zero-order chi connectivity index (χ0) is 23.1. The number of fused-ring (bicyclic) bond motifs is 1. The minimum Gasteiger partial charge on any atom is -0.385 e. The Morgan fingerprint density at radius 3 is 2.82 bits per heavy atom. The van der Waals surface area contributed by atoms with E-state index < -0.39 is 5.60 Å². The van der Waals surface area contributed by atoms with E-state index in [1.165, 1.54) is 18.0 Å². The number of hydrogen-bond acceptors (Lipinski definition) is 8. The molecular formula is C25H33N5O3S. The first kappa shape index (κ1) is 22.4. The van der Waals surface area contributed by atoms with Crippen molar-refractivity contribution in [2.45, 2.75) is 76.2 Å². The Labute approximate surface area is 204 Å². The molecule has 34 heavy (non-hydrogen) atoms. The zero-order valence-corrected chi connectivity index (χ0v) is 20.6. The minimum atomic E-state index is -0.833. The van der Waals surface area contributed by atoms with Crippen LogP contribution in [0.4, 0.5) is 5.82 Å². The summed E-state index contributed by atoms with van der Waals surface area (Å²) in [6.07, 6.45) is 9.76. The van der Waals surface area contributed by atoms with Gasteiger partial charge in [-0.05, 0) is 62.7 Å². The van der Waals surface area contributed by atoms with Crippen molar-refractivity contribution in [1.82, 2.24) is 19.1 Å². The van der Waals surface area contributed by atoms with Crippen LogP contribution < -0.4 is 4.90 Å². The zero-order valence-electron chi connectivity index (χ0n) is 19.8. The maximum Gasteiger partial charge on any atom is 0.150 e. The Morgan fingerprint density at radius 2 is 2.03 bits per heavy atom. The van der Waals surface area contributed by atoms with Gasteiger partial charge in [0, 0.05) is 24.9 Å². The first-order valence-corrected chi connectivity index (χ1v) is 13.4. The van der Waals surface area contributed by atoms with E-state index in [1.807, 2.05) is 16.9 Å². The largest absolute Gasteiger partial charge is 0.385 e. The van der Waals surface area contributed by atoms with Crippen LogP contribution in [0.3, 0.4) is 0 Å². The first-order valence-electron chi connectivity index (χ1n) is 12.7. The molecule has 6 rings (SSSR count). The highest BCUT2D eigenvalue weighted by Gasteiger charge is 2.36. The van der Waals surface area contributed by atoms with Gasteiger partial charge in [0.2, 0.25) is 0 Å². The molecule has 1 unspecified atom stereocenters. The van der Waals surface area contributed by atoms with E-state index in [0.29, 0.717) is 13.2 Å². The highest BCUT2D eigenvalue weighted by molar-refractivity contribution is 7.13. The van der Waals surface area contributed by atoms with Crippen LogP contribution in [0.25, 0.3) is 21.6 Å². The number of ether oxygens (including phenoxy) is 2. The van der Waals surface area contributed by atoms with E-state index in [-0.39, 0.29) is 12.3 Å². The smallest absolute Gasteiger partial charge is 0.150 e. The summed E-state index contributed by atoms with van der Waals surface area (Å²) in [6.45, 7) is 5.08. The van der Waals surface area contributed by atoms with Crippen LogP contribution in [0.5, 0.6) is 0 Å². The summed E-state index contributed by atoms with van der Waals surface area (Å²) in [4.78, 5) is 7.47. The summed E-state index contributed by atoms with van der Waals surface area (Å²) < 4.78 is 19.6. The van der Waals surface area contributed by atoms with E-state index in [2.05, 4.69) is 23.0 Å². The highest BCUT2D eigenvalue weighted by atomic mass is 32.1. The molecule has 1 aliphatic carbocycles. The maximum absolute atomic E-state index is 11.8. The van der Waals surface area contributed by atoms with Crippen LogP contribution in [0, 0.1) is 0 Å². The molecule has 2 atom stereocenters. The van der Waals surface area contributed by atoms with Gasteiger partial charge in [-0.15, -0.1) is 0 Å². The number of aliphatic hydroxyl groups is 1. The second-order valence-electron chi connectivity index (χ2n) is 9.93. The molecule has 0 aromatic carbocycles. The van der Waals surface area contributed by atoms with Crippen LogP contribution in [-0.2, 0) is 15.1 Å². The van der Waals surface area contributed by atoms with Crippen molar-refractivity contribution in [2.24, 2.45) is 0 Å². The quantitative estimate of drug-likeness (QED) is 0.579. The second-order valence-corrected chi connectivity index (χ2v) is 10.7. The number of anilines is 1. The van der Waals surface area contributed by atoms with E-state index in [9.17, 15) is 5.11 Å². The first-order chi connectivity index (χ1) is 16.6. The molecule has 1 N–H and O–H groups in total. The fourth-order valence-corrected chi connectivity index (χ4v) is 6.63. The third kappa shape index (κ3) is 3.92. The Balaban J connectivity index is 1.50. The van der Waals surface area contributed by atoms with Gasteiger partial charge in [-0.3, -0.25) is 0 Å². The lowest BCUT2D eigenvalue weighted by molar-refractivity contribution is -0.0383. The summed E-state index contributed by atoms with van der Waals surface area (Å²) in [6, 6.07) is 4.36. The van der Waals surface area contributed by atoms with Crippen LogP contribution in [-0.4, -0.2) is 56.7 Å². The molecule has 3 fully saturated rings. The van der Waals surface area contributed by atoms with Crippen molar-refractivity contribution in [2.75, 3.05) is 31.3 Å². The van der Waals surface area contributed by atoms with Crippen molar-refractivity contribution >= 4 is 27.6 Å². The van der Waals surface area contributed by atoms with Gasteiger partial charge < -0.3 is 19.5 Å². The Hall–Kier alpha value is -2.07. The van der Waals surface area contributed by atoms with Gasteiger partial charge in [-0.2, -0.15) is 9.47 Å². The van der Waals surface area contributed by atoms with Gasteiger partial charge in [-0.25, -0.2) is 9.67 Å². The minimum absolute atomic E-state index is 0.0695. The van der Waals surface area contributed by atoms with E-state index >= 15 is 0 Å². The molecule has 3 aromatic heterocycles. The lowest BCUT2D eigenvalue weighted by Gasteiger charge is -2.36. The van der Waals surface area contributed by atoms with Gasteiger partial charge in [0.25, 0.3) is 0 Å². The molecule has 9 heteroatoms. The van der Waals surface area contributed by atoms with Gasteiger partial charge in [0.05, 0.1) is 35.3 Å². The van der Waals surface area contributed by atoms with Crippen LogP contribution in [0.2, 0.25) is 0 Å². The summed E-state index contributed by atoms with van der Waals surface area (Å²) in [5.74, 6) is 0.902. The fraction of sp³-hybridized carbons (Fsp3) is 0.640. The Bertz CT molecular complexity index is 1150. The van der Waals surface area contributed by atoms with E-state index in [0.717, 1.165) is 91.1 Å². The highest BCUT2D eigenvalue weighted by Crippen LogP contribution is 2.44. The molecular weight excluding hydrogens is 450 g/mol. The van der Waals surface area contributed by atoms with Gasteiger partial charge >= 0.3 is 0 Å². The predicted octanol–water partition coefficient (Wildman–Crippen LogP) is 4.63. The van der Waals surface area contributed by atoms with Crippen molar-refractivity contribution in [3.8, 4) is 11.4 Å². The Morgan fingerprint density at radius 1 is 1.15 bits per heavy atom. The second kappa shape index (κ2) is 9.18. The lowest BCUT2D eigenvalue weighted by atomic mass is 9.79. The van der Waals surface area contributed by atoms with Crippen LogP contribution in [0.1, 0.15) is 70.1 Å². The molecule has 0 bridgehead atoms. The molecule has 0 amide bonds. The van der Waals surface area contributed by atoms with E-state index in [1.54, 1.807) is 0 Å². The summed E-state index contributed by atoms with van der Waals surface area (Å²) in [7, 11) is 0. The molecule has 1 saturated carbocycles. The number of hydrogen-bond donors (Lipinski definition) is 1. The SMILES string of the molecule is C[C@@H]1COCCN1c1cc(C2(O)CCCCC2)c2snc(-c3ccnn3C3CCCCO3)c2n1. The summed E-state index contributed by atoms with van der Waals surface area (Å²) in [5, 5.41) is 16.4. The fourth-order valence-electron chi connectivity index (χ4n) is 5.69. The van der Waals surface area contributed by atoms with Gasteiger partial charge in [-0.1, -0.05) is 19.3 Å². The number of nitrogens with zero attached hydrogens (tertiary/aromatic N) is 5. The topological polar surface area (TPSA) is 85.5 Å².